The minimum atomic E-state index is 0.00821. The summed E-state index contributed by atoms with van der Waals surface area (Å²) in [4.78, 5) is 0. The van der Waals surface area contributed by atoms with Crippen LogP contribution in [0.3, 0.4) is 0 Å². The highest BCUT2D eigenvalue weighted by atomic mass is 127. The molecule has 0 spiro atoms. The molecule has 2 rings (SSSR count). The average Bonchev–Trinajstić information content (AvgIpc) is 2.06. The molecule has 0 saturated carbocycles. The molecule has 0 radical (unpaired) electrons. The molecule has 0 amide bonds. The van der Waals surface area contributed by atoms with Gasteiger partial charge in [-0.3, -0.25) is 0 Å². The van der Waals surface area contributed by atoms with Crippen LogP contribution in [0.15, 0.2) is 18.2 Å². The molecule has 0 atom stereocenters. The molecule has 1 heterocycles. The lowest BCUT2D eigenvalue weighted by atomic mass is 9.94. The Hall–Kier alpha value is -0.250. The van der Waals surface area contributed by atoms with Crippen LogP contribution in [0.1, 0.15) is 25.8 Å². The predicted molar refractivity (Wildman–Crippen MR) is 62.2 cm³/mol. The second-order valence-corrected chi connectivity index (χ2v) is 5.25. The van der Waals surface area contributed by atoms with E-state index in [1.807, 2.05) is 0 Å². The lowest BCUT2D eigenvalue weighted by Crippen LogP contribution is -2.32. The number of benzene rings is 1. The van der Waals surface area contributed by atoms with Crippen molar-refractivity contribution >= 4 is 22.6 Å². The van der Waals surface area contributed by atoms with Crippen molar-refractivity contribution in [2.24, 2.45) is 0 Å². The van der Waals surface area contributed by atoms with Gasteiger partial charge in [0.15, 0.2) is 0 Å². The summed E-state index contributed by atoms with van der Waals surface area (Å²) >= 11 is 2.33. The van der Waals surface area contributed by atoms with E-state index in [1.165, 1.54) is 9.13 Å². The molecule has 1 nitrogen and oxygen atoms in total. The zero-order valence-electron chi connectivity index (χ0n) is 7.93. The first kappa shape index (κ1) is 9.31. The Morgan fingerprint density at radius 2 is 2.15 bits per heavy atom. The van der Waals surface area contributed by atoms with Gasteiger partial charge in [0.2, 0.25) is 0 Å². The third kappa shape index (κ3) is 1.82. The van der Waals surface area contributed by atoms with E-state index in [9.17, 15) is 0 Å². The van der Waals surface area contributed by atoms with E-state index in [4.69, 9.17) is 4.74 Å². The van der Waals surface area contributed by atoms with Crippen molar-refractivity contribution in [3.63, 3.8) is 0 Å². The van der Waals surface area contributed by atoms with Crippen molar-refractivity contribution in [2.75, 3.05) is 0 Å². The first-order valence-electron chi connectivity index (χ1n) is 4.55. The van der Waals surface area contributed by atoms with Crippen LogP contribution >= 0.6 is 22.6 Å². The summed E-state index contributed by atoms with van der Waals surface area (Å²) in [7, 11) is 0. The molecular weight excluding hydrogens is 275 g/mol. The molecule has 0 aromatic heterocycles. The van der Waals surface area contributed by atoms with E-state index in [1.54, 1.807) is 0 Å². The molecule has 0 aliphatic carbocycles. The number of halogens is 1. The third-order valence-corrected chi connectivity index (χ3v) is 3.27. The van der Waals surface area contributed by atoms with Crippen molar-refractivity contribution in [1.29, 1.82) is 0 Å². The second-order valence-electron chi connectivity index (χ2n) is 4.09. The van der Waals surface area contributed by atoms with Crippen LogP contribution in [0.4, 0.5) is 0 Å². The Morgan fingerprint density at radius 1 is 1.38 bits per heavy atom. The van der Waals surface area contributed by atoms with E-state index in [0.717, 1.165) is 18.6 Å². The molecule has 1 aromatic carbocycles. The van der Waals surface area contributed by atoms with Crippen LogP contribution in [-0.2, 0) is 6.42 Å². The normalized spacial score (nSPS) is 19.0. The van der Waals surface area contributed by atoms with Crippen LogP contribution in [0.2, 0.25) is 0 Å². The minimum Gasteiger partial charge on any atom is -0.486 e. The van der Waals surface area contributed by atoms with Gasteiger partial charge in [0.05, 0.1) is 3.57 Å². The number of hydrogen-bond donors (Lipinski definition) is 0. The highest BCUT2D eigenvalue weighted by molar-refractivity contribution is 14.1. The second kappa shape index (κ2) is 3.15. The monoisotopic (exact) mass is 288 g/mol. The Bertz CT molecular complexity index is 331. The maximum Gasteiger partial charge on any atom is 0.136 e. The summed E-state index contributed by atoms with van der Waals surface area (Å²) in [5.74, 6) is 1.10. The van der Waals surface area contributed by atoms with Gasteiger partial charge >= 0.3 is 0 Å². The zero-order valence-corrected chi connectivity index (χ0v) is 10.1. The van der Waals surface area contributed by atoms with Gasteiger partial charge in [-0.1, -0.05) is 12.1 Å². The van der Waals surface area contributed by atoms with Crippen LogP contribution in [0, 0.1) is 3.57 Å². The molecule has 1 aliphatic heterocycles. The van der Waals surface area contributed by atoms with Crippen molar-refractivity contribution in [3.8, 4) is 5.75 Å². The van der Waals surface area contributed by atoms with Gasteiger partial charge in [0.25, 0.3) is 0 Å². The van der Waals surface area contributed by atoms with Crippen molar-refractivity contribution in [3.05, 3.63) is 27.3 Å². The standard InChI is InChI=1S/C11H13IO/c1-11(2)7-6-8-4-3-5-9(12)10(8)13-11/h3-5H,6-7H2,1-2H3. The zero-order chi connectivity index (χ0) is 9.47. The van der Waals surface area contributed by atoms with E-state index >= 15 is 0 Å². The Morgan fingerprint density at radius 3 is 2.92 bits per heavy atom. The van der Waals surface area contributed by atoms with Crippen molar-refractivity contribution in [2.45, 2.75) is 32.3 Å². The molecule has 0 unspecified atom stereocenters. The SMILES string of the molecule is CC1(C)CCc2cccc(I)c2O1. The average molecular weight is 288 g/mol. The number of hydrogen-bond acceptors (Lipinski definition) is 1. The summed E-state index contributed by atoms with van der Waals surface area (Å²) in [5, 5.41) is 0. The fourth-order valence-corrected chi connectivity index (χ4v) is 2.29. The minimum absolute atomic E-state index is 0.00821. The largest absolute Gasteiger partial charge is 0.486 e. The van der Waals surface area contributed by atoms with E-state index in [0.29, 0.717) is 0 Å². The molecule has 0 N–H and O–H groups in total. The Balaban J connectivity index is 2.44. The topological polar surface area (TPSA) is 9.23 Å². The summed E-state index contributed by atoms with van der Waals surface area (Å²) in [6.07, 6.45) is 2.25. The molecule has 1 aliphatic rings. The van der Waals surface area contributed by atoms with Crippen LogP contribution in [0.5, 0.6) is 5.75 Å². The highest BCUT2D eigenvalue weighted by Gasteiger charge is 2.27. The van der Waals surface area contributed by atoms with Gasteiger partial charge < -0.3 is 4.74 Å². The number of aryl methyl sites for hydroxylation is 1. The van der Waals surface area contributed by atoms with Crippen LogP contribution in [0.25, 0.3) is 0 Å². The molecule has 70 valence electrons. The van der Waals surface area contributed by atoms with Crippen molar-refractivity contribution in [1.82, 2.24) is 0 Å². The summed E-state index contributed by atoms with van der Waals surface area (Å²) in [5.41, 5.74) is 1.36. The third-order valence-electron chi connectivity index (χ3n) is 2.42. The van der Waals surface area contributed by atoms with Gasteiger partial charge in [-0.25, -0.2) is 0 Å². The van der Waals surface area contributed by atoms with Crippen molar-refractivity contribution < 1.29 is 4.74 Å². The summed E-state index contributed by atoms with van der Waals surface area (Å²) in [6, 6.07) is 6.36. The molecule has 1 aromatic rings. The molecular formula is C11H13IO. The van der Waals surface area contributed by atoms with Gasteiger partial charge in [-0.2, -0.15) is 0 Å². The molecule has 2 heteroatoms. The van der Waals surface area contributed by atoms with Crippen LogP contribution < -0.4 is 4.74 Å². The van der Waals surface area contributed by atoms with E-state index in [-0.39, 0.29) is 5.60 Å². The first-order chi connectivity index (χ1) is 6.08. The Kier molecular flexibility index (Phi) is 2.26. The van der Waals surface area contributed by atoms with Crippen LogP contribution in [-0.4, -0.2) is 5.60 Å². The maximum atomic E-state index is 5.94. The number of para-hydroxylation sites is 1. The quantitative estimate of drug-likeness (QED) is 0.665. The van der Waals surface area contributed by atoms with Gasteiger partial charge in [-0.15, -0.1) is 0 Å². The van der Waals surface area contributed by atoms with Gasteiger partial charge in [0.1, 0.15) is 11.4 Å². The van der Waals surface area contributed by atoms with Gasteiger partial charge in [-0.05, 0) is 60.9 Å². The van der Waals surface area contributed by atoms with E-state index in [2.05, 4.69) is 54.6 Å². The summed E-state index contributed by atoms with van der Waals surface area (Å²) in [6.45, 7) is 4.30. The first-order valence-corrected chi connectivity index (χ1v) is 5.63. The fourth-order valence-electron chi connectivity index (χ4n) is 1.63. The molecule has 13 heavy (non-hydrogen) atoms. The smallest absolute Gasteiger partial charge is 0.136 e. The van der Waals surface area contributed by atoms with Gasteiger partial charge in [0, 0.05) is 0 Å². The summed E-state index contributed by atoms with van der Waals surface area (Å²) < 4.78 is 7.17. The lowest BCUT2D eigenvalue weighted by molar-refractivity contribution is 0.0835. The Labute approximate surface area is 92.6 Å². The lowest BCUT2D eigenvalue weighted by Gasteiger charge is -2.33. The molecule has 0 bridgehead atoms. The fraction of sp³-hybridized carbons (Fsp3) is 0.455. The maximum absolute atomic E-state index is 5.94. The number of fused-ring (bicyclic) bond motifs is 1. The molecule has 0 fully saturated rings. The van der Waals surface area contributed by atoms with E-state index < -0.39 is 0 Å². The number of ether oxygens (including phenoxy) is 1. The molecule has 0 saturated heterocycles. The number of rotatable bonds is 0. The predicted octanol–water partition coefficient (Wildman–Crippen LogP) is 3.39. The highest BCUT2D eigenvalue weighted by Crippen LogP contribution is 2.36.